The molecule has 2 rings (SSSR count). The summed E-state index contributed by atoms with van der Waals surface area (Å²) in [6.45, 7) is 1.98. The molecule has 1 atom stereocenters. The number of hydrogen-bond donors (Lipinski definition) is 2. The molecule has 1 heterocycles. The highest BCUT2D eigenvalue weighted by Crippen LogP contribution is 2.21. The van der Waals surface area contributed by atoms with Crippen LogP contribution in [0.1, 0.15) is 18.7 Å². The standard InChI is InChI=1S/C11H12ClN3O/c1-6(13-2)10-8-4-3-7(12)5-9(8)11(16)15-14-10/h3-6,13H,1-2H3,(H,15,16). The molecule has 84 valence electrons. The summed E-state index contributed by atoms with van der Waals surface area (Å²) in [5.41, 5.74) is 0.596. The second-order valence-corrected chi connectivity index (χ2v) is 4.07. The first kappa shape index (κ1) is 11.1. The predicted octanol–water partition coefficient (Wildman–Crippen LogP) is 1.86. The third-order valence-electron chi connectivity index (χ3n) is 2.62. The van der Waals surface area contributed by atoms with Crippen LogP contribution in [-0.2, 0) is 0 Å². The zero-order chi connectivity index (χ0) is 11.7. The Kier molecular flexibility index (Phi) is 2.94. The molecule has 2 aromatic rings. The number of hydrogen-bond acceptors (Lipinski definition) is 3. The molecular formula is C11H12ClN3O. The molecule has 0 spiro atoms. The van der Waals surface area contributed by atoms with Gasteiger partial charge in [0.2, 0.25) is 0 Å². The maximum atomic E-state index is 11.6. The molecule has 0 fully saturated rings. The van der Waals surface area contributed by atoms with E-state index in [1.165, 1.54) is 0 Å². The number of H-pyrrole nitrogens is 1. The lowest BCUT2D eigenvalue weighted by Gasteiger charge is -2.11. The summed E-state index contributed by atoms with van der Waals surface area (Å²) in [5.74, 6) is 0. The first-order valence-electron chi connectivity index (χ1n) is 4.98. The van der Waals surface area contributed by atoms with Crippen LogP contribution in [0.3, 0.4) is 0 Å². The number of halogens is 1. The van der Waals surface area contributed by atoms with Crippen molar-refractivity contribution in [1.29, 1.82) is 0 Å². The van der Waals surface area contributed by atoms with Crippen molar-refractivity contribution in [3.8, 4) is 0 Å². The highest BCUT2D eigenvalue weighted by Gasteiger charge is 2.11. The molecule has 0 aliphatic rings. The highest BCUT2D eigenvalue weighted by atomic mass is 35.5. The lowest BCUT2D eigenvalue weighted by atomic mass is 10.1. The van der Waals surface area contributed by atoms with Crippen LogP contribution in [-0.4, -0.2) is 17.2 Å². The minimum Gasteiger partial charge on any atom is -0.312 e. The van der Waals surface area contributed by atoms with E-state index < -0.39 is 0 Å². The minimum absolute atomic E-state index is 0.0699. The summed E-state index contributed by atoms with van der Waals surface area (Å²) < 4.78 is 0. The lowest BCUT2D eigenvalue weighted by Crippen LogP contribution is -2.18. The van der Waals surface area contributed by atoms with Gasteiger partial charge in [-0.25, -0.2) is 5.10 Å². The smallest absolute Gasteiger partial charge is 0.272 e. The number of rotatable bonds is 2. The molecular weight excluding hydrogens is 226 g/mol. The third kappa shape index (κ3) is 1.81. The topological polar surface area (TPSA) is 57.8 Å². The Hall–Kier alpha value is -1.39. The Morgan fingerprint density at radius 2 is 2.19 bits per heavy atom. The van der Waals surface area contributed by atoms with Crippen LogP contribution < -0.4 is 10.9 Å². The molecule has 0 bridgehead atoms. The average molecular weight is 238 g/mol. The van der Waals surface area contributed by atoms with Crippen LogP contribution in [0.25, 0.3) is 10.8 Å². The first-order valence-corrected chi connectivity index (χ1v) is 5.36. The number of fused-ring (bicyclic) bond motifs is 1. The summed E-state index contributed by atoms with van der Waals surface area (Å²) in [5, 5.41) is 11.6. The van der Waals surface area contributed by atoms with Crippen molar-refractivity contribution < 1.29 is 0 Å². The first-order chi connectivity index (χ1) is 7.63. The lowest BCUT2D eigenvalue weighted by molar-refractivity contribution is 0.627. The van der Waals surface area contributed by atoms with Gasteiger partial charge in [-0.15, -0.1) is 0 Å². The molecule has 0 saturated carbocycles. The van der Waals surface area contributed by atoms with Gasteiger partial charge in [-0.05, 0) is 26.1 Å². The van der Waals surface area contributed by atoms with Crippen LogP contribution in [0.15, 0.2) is 23.0 Å². The van der Waals surface area contributed by atoms with Crippen LogP contribution in [0.5, 0.6) is 0 Å². The molecule has 0 aliphatic heterocycles. The summed E-state index contributed by atoms with van der Waals surface area (Å²) >= 11 is 5.87. The van der Waals surface area contributed by atoms with Gasteiger partial charge < -0.3 is 5.32 Å². The molecule has 0 aliphatic carbocycles. The monoisotopic (exact) mass is 237 g/mol. The number of aromatic nitrogens is 2. The Labute approximate surface area is 97.6 Å². The fraction of sp³-hybridized carbons (Fsp3) is 0.273. The van der Waals surface area contributed by atoms with Crippen molar-refractivity contribution in [2.24, 2.45) is 0 Å². The summed E-state index contributed by atoms with van der Waals surface area (Å²) in [6.07, 6.45) is 0. The molecule has 4 nitrogen and oxygen atoms in total. The summed E-state index contributed by atoms with van der Waals surface area (Å²) in [7, 11) is 1.85. The molecule has 1 aromatic heterocycles. The fourth-order valence-electron chi connectivity index (χ4n) is 1.63. The Bertz CT molecular complexity index is 579. The maximum Gasteiger partial charge on any atom is 0.272 e. The number of nitrogens with one attached hydrogen (secondary N) is 2. The number of benzene rings is 1. The molecule has 0 amide bonds. The van der Waals surface area contributed by atoms with Gasteiger partial charge in [0.1, 0.15) is 0 Å². The Morgan fingerprint density at radius 3 is 2.88 bits per heavy atom. The van der Waals surface area contributed by atoms with E-state index in [1.807, 2.05) is 20.0 Å². The SMILES string of the molecule is CNC(C)c1n[nH]c(=O)c2cc(Cl)ccc12. The molecule has 0 radical (unpaired) electrons. The van der Waals surface area contributed by atoms with Gasteiger partial charge in [0.25, 0.3) is 5.56 Å². The van der Waals surface area contributed by atoms with Crippen molar-refractivity contribution in [2.45, 2.75) is 13.0 Å². The zero-order valence-electron chi connectivity index (χ0n) is 9.04. The normalized spacial score (nSPS) is 12.9. The predicted molar refractivity (Wildman–Crippen MR) is 64.8 cm³/mol. The van der Waals surface area contributed by atoms with Crippen molar-refractivity contribution in [1.82, 2.24) is 15.5 Å². The van der Waals surface area contributed by atoms with Gasteiger partial charge in [-0.3, -0.25) is 4.79 Å². The van der Waals surface area contributed by atoms with Crippen LogP contribution in [0.4, 0.5) is 0 Å². The van der Waals surface area contributed by atoms with Crippen LogP contribution in [0.2, 0.25) is 5.02 Å². The summed E-state index contributed by atoms with van der Waals surface area (Å²) in [6, 6.07) is 5.31. The van der Waals surface area contributed by atoms with E-state index >= 15 is 0 Å². The largest absolute Gasteiger partial charge is 0.312 e. The van der Waals surface area contributed by atoms with Crippen molar-refractivity contribution >= 4 is 22.4 Å². The quantitative estimate of drug-likeness (QED) is 0.838. The molecule has 2 N–H and O–H groups in total. The van der Waals surface area contributed by atoms with Crippen molar-refractivity contribution in [3.63, 3.8) is 0 Å². The number of aromatic amines is 1. The molecule has 5 heteroatoms. The van der Waals surface area contributed by atoms with E-state index in [9.17, 15) is 4.79 Å². The van der Waals surface area contributed by atoms with E-state index in [1.54, 1.807) is 12.1 Å². The van der Waals surface area contributed by atoms with Gasteiger partial charge >= 0.3 is 0 Å². The van der Waals surface area contributed by atoms with E-state index in [0.29, 0.717) is 10.4 Å². The highest BCUT2D eigenvalue weighted by molar-refractivity contribution is 6.31. The molecule has 0 saturated heterocycles. The van der Waals surface area contributed by atoms with Gasteiger partial charge in [-0.1, -0.05) is 17.7 Å². The average Bonchev–Trinajstić information content (AvgIpc) is 2.29. The van der Waals surface area contributed by atoms with E-state index in [4.69, 9.17) is 11.6 Å². The van der Waals surface area contributed by atoms with E-state index in [2.05, 4.69) is 15.5 Å². The van der Waals surface area contributed by atoms with E-state index in [-0.39, 0.29) is 11.6 Å². The maximum absolute atomic E-state index is 11.6. The van der Waals surface area contributed by atoms with Crippen LogP contribution in [0, 0.1) is 0 Å². The van der Waals surface area contributed by atoms with Crippen molar-refractivity contribution in [2.75, 3.05) is 7.05 Å². The second-order valence-electron chi connectivity index (χ2n) is 3.64. The van der Waals surface area contributed by atoms with E-state index in [0.717, 1.165) is 11.1 Å². The van der Waals surface area contributed by atoms with Gasteiger partial charge in [0, 0.05) is 16.5 Å². The number of nitrogens with zero attached hydrogens (tertiary/aromatic N) is 1. The third-order valence-corrected chi connectivity index (χ3v) is 2.86. The Morgan fingerprint density at radius 1 is 1.44 bits per heavy atom. The Balaban J connectivity index is 2.79. The molecule has 1 unspecified atom stereocenters. The molecule has 16 heavy (non-hydrogen) atoms. The fourth-order valence-corrected chi connectivity index (χ4v) is 1.80. The van der Waals surface area contributed by atoms with Gasteiger partial charge in [0.05, 0.1) is 11.1 Å². The minimum atomic E-state index is -0.218. The van der Waals surface area contributed by atoms with Gasteiger partial charge in [-0.2, -0.15) is 5.10 Å². The molecule has 1 aromatic carbocycles. The van der Waals surface area contributed by atoms with Crippen molar-refractivity contribution in [3.05, 3.63) is 39.3 Å². The van der Waals surface area contributed by atoms with Gasteiger partial charge in [0.15, 0.2) is 0 Å². The zero-order valence-corrected chi connectivity index (χ0v) is 9.80. The second kappa shape index (κ2) is 4.23. The summed E-state index contributed by atoms with van der Waals surface area (Å²) in [4.78, 5) is 11.6. The van der Waals surface area contributed by atoms with Crippen LogP contribution >= 0.6 is 11.6 Å².